The molecular weight excluding hydrogens is 178 g/mol. The first-order valence-corrected chi connectivity index (χ1v) is 4.07. The van der Waals surface area contributed by atoms with Crippen LogP contribution < -0.4 is 0 Å². The van der Waals surface area contributed by atoms with Crippen LogP contribution in [0.1, 0.15) is 5.56 Å². The minimum absolute atomic E-state index is 0.000236. The van der Waals surface area contributed by atoms with Crippen molar-refractivity contribution in [3.8, 4) is 22.9 Å². The monoisotopic (exact) mass is 185 g/mol. The smallest absolute Gasteiger partial charge is 0.133 e. The van der Waals surface area contributed by atoms with E-state index in [1.165, 1.54) is 6.07 Å². The molecule has 0 atom stereocenters. The molecule has 0 aliphatic carbocycles. The lowest BCUT2D eigenvalue weighted by atomic mass is 10.1. The summed E-state index contributed by atoms with van der Waals surface area (Å²) < 4.78 is 4.93. The molecule has 14 heavy (non-hydrogen) atoms. The number of nitrogens with zero attached hydrogens (tertiary/aromatic N) is 1. The largest absolute Gasteiger partial charge is 0.507 e. The Balaban J connectivity index is 2.53. The third kappa shape index (κ3) is 1.34. The Labute approximate surface area is 80.8 Å². The summed E-state index contributed by atoms with van der Waals surface area (Å²) in [5.41, 5.74) is 2.01. The zero-order chi connectivity index (χ0) is 9.97. The van der Waals surface area contributed by atoms with Crippen LogP contribution >= 0.6 is 0 Å². The number of nitriles is 1. The Morgan fingerprint density at radius 2 is 2.07 bits per heavy atom. The first kappa shape index (κ1) is 8.39. The quantitative estimate of drug-likeness (QED) is 0.742. The van der Waals surface area contributed by atoms with E-state index >= 15 is 0 Å². The van der Waals surface area contributed by atoms with Crippen molar-refractivity contribution in [3.05, 3.63) is 42.4 Å². The van der Waals surface area contributed by atoms with Crippen LogP contribution in [0.25, 0.3) is 11.1 Å². The van der Waals surface area contributed by atoms with Crippen LogP contribution in [0, 0.1) is 11.3 Å². The average molecular weight is 185 g/mol. The van der Waals surface area contributed by atoms with E-state index in [9.17, 15) is 5.11 Å². The van der Waals surface area contributed by atoms with Gasteiger partial charge in [0.05, 0.1) is 18.1 Å². The minimum Gasteiger partial charge on any atom is -0.507 e. The van der Waals surface area contributed by atoms with E-state index < -0.39 is 0 Å². The highest BCUT2D eigenvalue weighted by atomic mass is 16.3. The molecule has 0 radical (unpaired) electrons. The maximum Gasteiger partial charge on any atom is 0.133 e. The normalized spacial score (nSPS) is 9.64. The van der Waals surface area contributed by atoms with Gasteiger partial charge in [0.1, 0.15) is 11.8 Å². The number of hydrogen-bond acceptors (Lipinski definition) is 3. The van der Waals surface area contributed by atoms with Crippen molar-refractivity contribution in [2.24, 2.45) is 0 Å². The highest BCUT2D eigenvalue weighted by Crippen LogP contribution is 2.25. The lowest BCUT2D eigenvalue weighted by molar-refractivity contribution is 0.473. The molecule has 0 unspecified atom stereocenters. The van der Waals surface area contributed by atoms with Gasteiger partial charge in [-0.1, -0.05) is 6.07 Å². The second-order valence-corrected chi connectivity index (χ2v) is 2.86. The van der Waals surface area contributed by atoms with E-state index in [2.05, 4.69) is 0 Å². The molecule has 0 bridgehead atoms. The van der Waals surface area contributed by atoms with Crippen LogP contribution in [0.15, 0.2) is 41.2 Å². The molecule has 1 aromatic carbocycles. The molecule has 1 heterocycles. The predicted molar refractivity (Wildman–Crippen MR) is 50.5 cm³/mol. The molecule has 2 aromatic rings. The van der Waals surface area contributed by atoms with Crippen LogP contribution in [-0.2, 0) is 0 Å². The molecule has 0 saturated carbocycles. The van der Waals surface area contributed by atoms with E-state index in [1.54, 1.807) is 30.7 Å². The average Bonchev–Trinajstić information content (AvgIpc) is 2.71. The van der Waals surface area contributed by atoms with E-state index in [4.69, 9.17) is 9.68 Å². The first-order valence-electron chi connectivity index (χ1n) is 4.07. The fourth-order valence-corrected chi connectivity index (χ4v) is 1.23. The number of rotatable bonds is 1. The molecule has 3 heteroatoms. The summed E-state index contributed by atoms with van der Waals surface area (Å²) in [6.45, 7) is 0. The van der Waals surface area contributed by atoms with Crippen molar-refractivity contribution in [3.63, 3.8) is 0 Å². The van der Waals surface area contributed by atoms with E-state index in [0.717, 1.165) is 11.1 Å². The molecule has 0 saturated heterocycles. The molecule has 1 N–H and O–H groups in total. The van der Waals surface area contributed by atoms with Crippen LogP contribution in [0.2, 0.25) is 0 Å². The summed E-state index contributed by atoms with van der Waals surface area (Å²) >= 11 is 0. The predicted octanol–water partition coefficient (Wildman–Crippen LogP) is 2.52. The summed E-state index contributed by atoms with van der Waals surface area (Å²) in [5.74, 6) is -0.000236. The van der Waals surface area contributed by atoms with Gasteiger partial charge in [0.2, 0.25) is 0 Å². The SMILES string of the molecule is N#Cc1cc(-c2ccoc2)ccc1O. The van der Waals surface area contributed by atoms with Gasteiger partial charge in [-0.3, -0.25) is 0 Å². The first-order chi connectivity index (χ1) is 6.81. The number of aromatic hydroxyl groups is 1. The number of hydrogen-bond donors (Lipinski definition) is 1. The Kier molecular flexibility index (Phi) is 1.96. The molecule has 1 aromatic heterocycles. The molecule has 0 fully saturated rings. The van der Waals surface area contributed by atoms with Crippen LogP contribution in [0.3, 0.4) is 0 Å². The maximum absolute atomic E-state index is 9.29. The van der Waals surface area contributed by atoms with Crippen molar-refractivity contribution >= 4 is 0 Å². The highest BCUT2D eigenvalue weighted by molar-refractivity contribution is 5.65. The molecular formula is C11H7NO2. The summed E-state index contributed by atoms with van der Waals surface area (Å²) in [6, 6.07) is 8.58. The summed E-state index contributed by atoms with van der Waals surface area (Å²) in [7, 11) is 0. The van der Waals surface area contributed by atoms with Gasteiger partial charge in [0, 0.05) is 5.56 Å². The van der Waals surface area contributed by atoms with Crippen molar-refractivity contribution in [1.29, 1.82) is 5.26 Å². The van der Waals surface area contributed by atoms with Gasteiger partial charge in [0.25, 0.3) is 0 Å². The Hall–Kier alpha value is -2.21. The number of phenolic OH excluding ortho intramolecular Hbond substituents is 1. The zero-order valence-electron chi connectivity index (χ0n) is 7.27. The van der Waals surface area contributed by atoms with E-state index in [0.29, 0.717) is 0 Å². The van der Waals surface area contributed by atoms with Crippen molar-refractivity contribution in [1.82, 2.24) is 0 Å². The zero-order valence-corrected chi connectivity index (χ0v) is 7.27. The number of benzene rings is 1. The summed E-state index contributed by atoms with van der Waals surface area (Å²) in [5, 5.41) is 18.0. The van der Waals surface area contributed by atoms with Gasteiger partial charge in [-0.15, -0.1) is 0 Å². The number of furan rings is 1. The Bertz CT molecular complexity index is 480. The van der Waals surface area contributed by atoms with Gasteiger partial charge < -0.3 is 9.52 Å². The Morgan fingerprint density at radius 3 is 2.71 bits per heavy atom. The maximum atomic E-state index is 9.29. The molecule has 0 aliphatic heterocycles. The molecule has 68 valence electrons. The van der Waals surface area contributed by atoms with Crippen LogP contribution in [0.5, 0.6) is 5.75 Å². The van der Waals surface area contributed by atoms with Crippen molar-refractivity contribution < 1.29 is 9.52 Å². The van der Waals surface area contributed by atoms with Gasteiger partial charge in [-0.25, -0.2) is 0 Å². The second kappa shape index (κ2) is 3.27. The minimum atomic E-state index is -0.000236. The lowest BCUT2D eigenvalue weighted by Crippen LogP contribution is -1.79. The van der Waals surface area contributed by atoms with Crippen molar-refractivity contribution in [2.75, 3.05) is 0 Å². The van der Waals surface area contributed by atoms with Crippen molar-refractivity contribution in [2.45, 2.75) is 0 Å². The summed E-state index contributed by atoms with van der Waals surface area (Å²) in [4.78, 5) is 0. The second-order valence-electron chi connectivity index (χ2n) is 2.86. The van der Waals surface area contributed by atoms with Gasteiger partial charge in [-0.05, 0) is 23.8 Å². The molecule has 0 spiro atoms. The fraction of sp³-hybridized carbons (Fsp3) is 0. The highest BCUT2D eigenvalue weighted by Gasteiger charge is 2.04. The number of phenols is 1. The third-order valence-corrected chi connectivity index (χ3v) is 1.97. The standard InChI is InChI=1S/C11H7NO2/c12-6-10-5-8(1-2-11(10)13)9-3-4-14-7-9/h1-5,7,13H. The Morgan fingerprint density at radius 1 is 1.21 bits per heavy atom. The van der Waals surface area contributed by atoms with Crippen LogP contribution in [0.4, 0.5) is 0 Å². The fourth-order valence-electron chi connectivity index (χ4n) is 1.23. The topological polar surface area (TPSA) is 57.2 Å². The van der Waals surface area contributed by atoms with E-state index in [1.807, 2.05) is 6.07 Å². The molecule has 0 aliphatic rings. The van der Waals surface area contributed by atoms with Gasteiger partial charge in [-0.2, -0.15) is 5.26 Å². The van der Waals surface area contributed by atoms with Crippen LogP contribution in [-0.4, -0.2) is 5.11 Å². The third-order valence-electron chi connectivity index (χ3n) is 1.97. The molecule has 0 amide bonds. The van der Waals surface area contributed by atoms with Gasteiger partial charge >= 0.3 is 0 Å². The summed E-state index contributed by atoms with van der Waals surface area (Å²) in [6.07, 6.45) is 3.15. The lowest BCUT2D eigenvalue weighted by Gasteiger charge is -1.99. The van der Waals surface area contributed by atoms with Gasteiger partial charge in [0.15, 0.2) is 0 Å². The molecule has 3 nitrogen and oxygen atoms in total. The molecule has 2 rings (SSSR count). The van der Waals surface area contributed by atoms with E-state index in [-0.39, 0.29) is 11.3 Å².